The summed E-state index contributed by atoms with van der Waals surface area (Å²) >= 11 is 1.35. The number of aromatic amines is 1. The Balaban J connectivity index is 1.49. The van der Waals surface area contributed by atoms with Gasteiger partial charge in [-0.1, -0.05) is 74.1 Å². The van der Waals surface area contributed by atoms with E-state index in [1.54, 1.807) is 6.07 Å². The first-order chi connectivity index (χ1) is 13.4. The van der Waals surface area contributed by atoms with Crippen molar-refractivity contribution in [2.24, 2.45) is 0 Å². The Morgan fingerprint density at radius 3 is 2.54 bits per heavy atom. The van der Waals surface area contributed by atoms with Crippen LogP contribution in [0, 0.1) is 0 Å². The standard InChI is InChI=1S/C21H20N4O2S/c1-21(2,3)14-10-8-13(9-11-14)18-23-17(27-25-18)12-28-20-22-16-7-5-4-6-15(16)19(26)24-20/h4-11H,12H2,1-3H3,(H,22,24,26). The molecular formula is C21H20N4O2S. The lowest BCUT2D eigenvalue weighted by Crippen LogP contribution is -2.10. The lowest BCUT2D eigenvalue weighted by atomic mass is 9.87. The van der Waals surface area contributed by atoms with Gasteiger partial charge in [0.2, 0.25) is 11.7 Å². The lowest BCUT2D eigenvalue weighted by molar-refractivity contribution is 0.391. The number of para-hydroxylation sites is 1. The molecule has 0 aliphatic rings. The summed E-state index contributed by atoms with van der Waals surface area (Å²) in [6.45, 7) is 6.53. The molecule has 0 saturated carbocycles. The van der Waals surface area contributed by atoms with Crippen molar-refractivity contribution in [2.75, 3.05) is 0 Å². The number of H-pyrrole nitrogens is 1. The van der Waals surface area contributed by atoms with Gasteiger partial charge in [0.15, 0.2) is 5.16 Å². The van der Waals surface area contributed by atoms with E-state index in [0.29, 0.717) is 33.5 Å². The van der Waals surface area contributed by atoms with Crippen LogP contribution in [0.5, 0.6) is 0 Å². The van der Waals surface area contributed by atoms with Crippen molar-refractivity contribution < 1.29 is 4.52 Å². The van der Waals surface area contributed by atoms with E-state index in [1.165, 1.54) is 17.3 Å². The zero-order valence-electron chi connectivity index (χ0n) is 15.9. The summed E-state index contributed by atoms with van der Waals surface area (Å²) in [5, 5.41) is 5.17. The van der Waals surface area contributed by atoms with Crippen LogP contribution >= 0.6 is 11.8 Å². The third kappa shape index (κ3) is 3.84. The van der Waals surface area contributed by atoms with Crippen LogP contribution in [0.1, 0.15) is 32.2 Å². The molecule has 28 heavy (non-hydrogen) atoms. The number of thioether (sulfide) groups is 1. The van der Waals surface area contributed by atoms with E-state index >= 15 is 0 Å². The van der Waals surface area contributed by atoms with Crippen molar-refractivity contribution in [1.29, 1.82) is 0 Å². The van der Waals surface area contributed by atoms with Gasteiger partial charge < -0.3 is 9.51 Å². The predicted octanol–water partition coefficient (Wildman–Crippen LogP) is 4.56. The maximum Gasteiger partial charge on any atom is 0.259 e. The second-order valence-corrected chi connectivity index (χ2v) is 8.48. The largest absolute Gasteiger partial charge is 0.338 e. The SMILES string of the molecule is CC(C)(C)c1ccc(-c2noc(CSc3nc4ccccc4c(=O)[nH]3)n2)cc1. The van der Waals surface area contributed by atoms with Gasteiger partial charge in [0.05, 0.1) is 16.7 Å². The van der Waals surface area contributed by atoms with Crippen LogP contribution in [0.3, 0.4) is 0 Å². The van der Waals surface area contributed by atoms with Crippen molar-refractivity contribution in [3.63, 3.8) is 0 Å². The summed E-state index contributed by atoms with van der Waals surface area (Å²) in [5.41, 5.74) is 2.77. The highest BCUT2D eigenvalue weighted by molar-refractivity contribution is 7.98. The molecule has 2 heterocycles. The average molecular weight is 392 g/mol. The minimum absolute atomic E-state index is 0.0986. The minimum Gasteiger partial charge on any atom is -0.338 e. The quantitative estimate of drug-likeness (QED) is 0.405. The maximum absolute atomic E-state index is 12.1. The molecule has 0 saturated heterocycles. The van der Waals surface area contributed by atoms with E-state index in [9.17, 15) is 4.79 Å². The van der Waals surface area contributed by atoms with Gasteiger partial charge in [-0.05, 0) is 23.1 Å². The third-order valence-electron chi connectivity index (χ3n) is 4.40. The van der Waals surface area contributed by atoms with Gasteiger partial charge in [0.1, 0.15) is 0 Å². The lowest BCUT2D eigenvalue weighted by Gasteiger charge is -2.18. The van der Waals surface area contributed by atoms with Gasteiger partial charge in [0.25, 0.3) is 5.56 Å². The van der Waals surface area contributed by atoms with Crippen LogP contribution in [0.15, 0.2) is 63.0 Å². The summed E-state index contributed by atoms with van der Waals surface area (Å²) < 4.78 is 5.35. The number of hydrogen-bond acceptors (Lipinski definition) is 6. The number of nitrogens with zero attached hydrogens (tertiary/aromatic N) is 3. The molecule has 4 rings (SSSR count). The van der Waals surface area contributed by atoms with Crippen LogP contribution in [0.25, 0.3) is 22.3 Å². The normalized spacial score (nSPS) is 11.8. The number of fused-ring (bicyclic) bond motifs is 1. The Kier molecular flexibility index (Phi) is 4.77. The summed E-state index contributed by atoms with van der Waals surface area (Å²) in [4.78, 5) is 23.8. The highest BCUT2D eigenvalue weighted by atomic mass is 32.2. The molecule has 0 spiro atoms. The fourth-order valence-corrected chi connectivity index (χ4v) is 3.52. The molecule has 0 bridgehead atoms. The van der Waals surface area contributed by atoms with Gasteiger partial charge in [-0.15, -0.1) is 0 Å². The smallest absolute Gasteiger partial charge is 0.259 e. The molecule has 4 aromatic rings. The number of hydrogen-bond donors (Lipinski definition) is 1. The highest BCUT2D eigenvalue weighted by Gasteiger charge is 2.15. The van der Waals surface area contributed by atoms with Crippen LogP contribution in [-0.4, -0.2) is 20.1 Å². The van der Waals surface area contributed by atoms with Gasteiger partial charge in [-0.3, -0.25) is 4.79 Å². The molecule has 0 aliphatic heterocycles. The highest BCUT2D eigenvalue weighted by Crippen LogP contribution is 2.26. The first-order valence-corrected chi connectivity index (χ1v) is 9.94. The summed E-state index contributed by atoms with van der Waals surface area (Å²) in [6, 6.07) is 15.4. The molecule has 0 unspecified atom stereocenters. The predicted molar refractivity (Wildman–Crippen MR) is 110 cm³/mol. The molecule has 7 heteroatoms. The molecule has 6 nitrogen and oxygen atoms in total. The molecule has 142 valence electrons. The topological polar surface area (TPSA) is 84.7 Å². The zero-order valence-corrected chi connectivity index (χ0v) is 16.7. The number of aromatic nitrogens is 4. The van der Waals surface area contributed by atoms with Crippen LogP contribution < -0.4 is 5.56 Å². The van der Waals surface area contributed by atoms with E-state index in [1.807, 2.05) is 30.3 Å². The Labute approximate surface area is 166 Å². The van der Waals surface area contributed by atoms with Crippen molar-refractivity contribution >= 4 is 22.7 Å². The van der Waals surface area contributed by atoms with Gasteiger partial charge in [-0.25, -0.2) is 4.98 Å². The van der Waals surface area contributed by atoms with Gasteiger partial charge >= 0.3 is 0 Å². The van der Waals surface area contributed by atoms with Crippen molar-refractivity contribution in [3.8, 4) is 11.4 Å². The van der Waals surface area contributed by atoms with Gasteiger partial charge in [0, 0.05) is 5.56 Å². The minimum atomic E-state index is -0.154. The first-order valence-electron chi connectivity index (χ1n) is 8.95. The molecule has 0 aliphatic carbocycles. The molecular weight excluding hydrogens is 372 g/mol. The third-order valence-corrected chi connectivity index (χ3v) is 5.26. The van der Waals surface area contributed by atoms with E-state index in [2.05, 4.69) is 53.0 Å². The van der Waals surface area contributed by atoms with Crippen LogP contribution in [0.2, 0.25) is 0 Å². The number of rotatable bonds is 4. The van der Waals surface area contributed by atoms with E-state index in [-0.39, 0.29) is 11.0 Å². The molecule has 1 N–H and O–H groups in total. The fourth-order valence-electron chi connectivity index (χ4n) is 2.81. The van der Waals surface area contributed by atoms with E-state index < -0.39 is 0 Å². The van der Waals surface area contributed by atoms with Crippen LogP contribution in [-0.2, 0) is 11.2 Å². The molecule has 0 radical (unpaired) electrons. The Hall–Kier alpha value is -2.93. The molecule has 2 aromatic carbocycles. The second-order valence-electron chi connectivity index (χ2n) is 7.52. The Morgan fingerprint density at radius 2 is 1.79 bits per heavy atom. The Morgan fingerprint density at radius 1 is 1.04 bits per heavy atom. The molecule has 0 atom stereocenters. The zero-order chi connectivity index (χ0) is 19.7. The number of nitrogens with one attached hydrogen (secondary N) is 1. The summed E-state index contributed by atoms with van der Waals surface area (Å²) in [6.07, 6.45) is 0. The summed E-state index contributed by atoms with van der Waals surface area (Å²) in [7, 11) is 0. The Bertz CT molecular complexity index is 1170. The van der Waals surface area contributed by atoms with Gasteiger partial charge in [-0.2, -0.15) is 4.98 Å². The van der Waals surface area contributed by atoms with Crippen LogP contribution in [0.4, 0.5) is 0 Å². The first kappa shape index (κ1) is 18.4. The molecule has 0 fully saturated rings. The monoisotopic (exact) mass is 392 g/mol. The molecule has 0 amide bonds. The van der Waals surface area contributed by atoms with Crippen molar-refractivity contribution in [1.82, 2.24) is 20.1 Å². The van der Waals surface area contributed by atoms with E-state index in [0.717, 1.165) is 5.56 Å². The average Bonchev–Trinajstić information content (AvgIpc) is 3.15. The molecule has 2 aromatic heterocycles. The fraction of sp³-hybridized carbons (Fsp3) is 0.238. The van der Waals surface area contributed by atoms with Crippen molar-refractivity contribution in [2.45, 2.75) is 37.1 Å². The number of benzene rings is 2. The van der Waals surface area contributed by atoms with Crippen molar-refractivity contribution in [3.05, 3.63) is 70.3 Å². The second kappa shape index (κ2) is 7.24. The van der Waals surface area contributed by atoms with E-state index in [4.69, 9.17) is 4.52 Å². The maximum atomic E-state index is 12.1. The summed E-state index contributed by atoms with van der Waals surface area (Å²) in [5.74, 6) is 1.46.